The Morgan fingerprint density at radius 3 is 2.10 bits per heavy atom. The van der Waals surface area contributed by atoms with E-state index in [2.05, 4.69) is 16.4 Å². The number of nitrogens with zero attached hydrogens (tertiary/aromatic N) is 2. The summed E-state index contributed by atoms with van der Waals surface area (Å²) in [5.74, 6) is -0.137. The molecule has 0 aromatic heterocycles. The molecule has 148 valence electrons. The molecule has 0 aliphatic carbocycles. The van der Waals surface area contributed by atoms with E-state index in [-0.39, 0.29) is 5.91 Å². The van der Waals surface area contributed by atoms with Crippen molar-refractivity contribution in [3.8, 4) is 0 Å². The average Bonchev–Trinajstić information content (AvgIpc) is 2.79. The van der Waals surface area contributed by atoms with Crippen LogP contribution in [0.25, 0.3) is 0 Å². The number of para-hydroxylation sites is 2. The highest BCUT2D eigenvalue weighted by Crippen LogP contribution is 2.23. The Bertz CT molecular complexity index is 886. The summed E-state index contributed by atoms with van der Waals surface area (Å²) in [6.45, 7) is 4.20. The molecule has 29 heavy (non-hydrogen) atoms. The van der Waals surface area contributed by atoms with E-state index >= 15 is 0 Å². The van der Waals surface area contributed by atoms with Crippen LogP contribution in [0.15, 0.2) is 84.9 Å². The molecule has 1 N–H and O–H groups in total. The van der Waals surface area contributed by atoms with Gasteiger partial charge in [-0.15, -0.1) is 0 Å². The van der Waals surface area contributed by atoms with E-state index in [0.717, 1.165) is 49.8 Å². The molecule has 0 atom stereocenters. The number of carbonyl (C=O) groups excluding carboxylic acids is 1. The maximum absolute atomic E-state index is 13.1. The number of carbonyl (C=O) groups is 1. The molecule has 3 aromatic rings. The van der Waals surface area contributed by atoms with Gasteiger partial charge in [0.05, 0.1) is 24.6 Å². The lowest BCUT2D eigenvalue weighted by Gasteiger charge is -2.27. The summed E-state index contributed by atoms with van der Waals surface area (Å²) in [6, 6.07) is 27.5. The Labute approximate surface area is 171 Å². The van der Waals surface area contributed by atoms with Crippen LogP contribution in [0.3, 0.4) is 0 Å². The number of hydrazine groups is 1. The van der Waals surface area contributed by atoms with Crippen molar-refractivity contribution in [2.45, 2.75) is 6.54 Å². The Morgan fingerprint density at radius 2 is 1.48 bits per heavy atom. The molecule has 5 nitrogen and oxygen atoms in total. The predicted octanol–water partition coefficient (Wildman–Crippen LogP) is 4.00. The van der Waals surface area contributed by atoms with Crippen molar-refractivity contribution in [2.24, 2.45) is 0 Å². The quantitative estimate of drug-likeness (QED) is 0.650. The molecule has 4 rings (SSSR count). The van der Waals surface area contributed by atoms with Gasteiger partial charge in [0.25, 0.3) is 5.91 Å². The van der Waals surface area contributed by atoms with Crippen molar-refractivity contribution in [1.29, 1.82) is 0 Å². The normalized spacial score (nSPS) is 14.3. The zero-order valence-electron chi connectivity index (χ0n) is 16.3. The fourth-order valence-electron chi connectivity index (χ4n) is 3.43. The third kappa shape index (κ3) is 5.02. The molecule has 1 aliphatic rings. The Hall–Kier alpha value is -3.15. The van der Waals surface area contributed by atoms with Crippen molar-refractivity contribution in [3.63, 3.8) is 0 Å². The average molecular weight is 387 g/mol. The second-order valence-electron chi connectivity index (χ2n) is 7.04. The van der Waals surface area contributed by atoms with Crippen LogP contribution in [0.1, 0.15) is 15.9 Å². The lowest BCUT2D eigenvalue weighted by atomic mass is 10.1. The smallest absolute Gasteiger partial charge is 0.270 e. The van der Waals surface area contributed by atoms with Crippen LogP contribution in [0.5, 0.6) is 0 Å². The molecule has 1 heterocycles. The molecule has 0 unspecified atom stereocenters. The summed E-state index contributed by atoms with van der Waals surface area (Å²) in [4.78, 5) is 15.4. The van der Waals surface area contributed by atoms with Crippen LogP contribution in [0.2, 0.25) is 0 Å². The summed E-state index contributed by atoms with van der Waals surface area (Å²) in [5.41, 5.74) is 6.63. The van der Waals surface area contributed by atoms with Crippen molar-refractivity contribution >= 4 is 17.3 Å². The van der Waals surface area contributed by atoms with Gasteiger partial charge >= 0.3 is 0 Å². The number of anilines is 2. The van der Waals surface area contributed by atoms with E-state index in [1.807, 2.05) is 83.9 Å². The zero-order chi connectivity index (χ0) is 19.9. The topological polar surface area (TPSA) is 44.8 Å². The number of hydrogen-bond acceptors (Lipinski definition) is 4. The molecule has 1 amide bonds. The predicted molar refractivity (Wildman–Crippen MR) is 115 cm³/mol. The fraction of sp³-hybridized carbons (Fsp3) is 0.208. The molecule has 0 saturated carbocycles. The first-order chi connectivity index (χ1) is 14.3. The van der Waals surface area contributed by atoms with Gasteiger partial charge in [0, 0.05) is 25.2 Å². The molecule has 1 aliphatic heterocycles. The highest BCUT2D eigenvalue weighted by molar-refractivity contribution is 5.96. The van der Waals surface area contributed by atoms with Crippen molar-refractivity contribution < 1.29 is 9.53 Å². The summed E-state index contributed by atoms with van der Waals surface area (Å²) in [7, 11) is 0. The number of benzene rings is 3. The van der Waals surface area contributed by atoms with E-state index in [4.69, 9.17) is 4.74 Å². The Balaban J connectivity index is 1.52. The minimum atomic E-state index is -0.137. The molecule has 0 bridgehead atoms. The van der Waals surface area contributed by atoms with Gasteiger partial charge in [-0.2, -0.15) is 0 Å². The van der Waals surface area contributed by atoms with Gasteiger partial charge in [-0.05, 0) is 42.0 Å². The van der Waals surface area contributed by atoms with E-state index in [9.17, 15) is 4.79 Å². The monoisotopic (exact) mass is 387 g/mol. The largest absolute Gasteiger partial charge is 0.379 e. The van der Waals surface area contributed by atoms with E-state index in [1.165, 1.54) is 0 Å². The first kappa shape index (κ1) is 19.2. The van der Waals surface area contributed by atoms with Crippen LogP contribution in [0, 0.1) is 0 Å². The van der Waals surface area contributed by atoms with E-state index in [1.54, 1.807) is 0 Å². The molecule has 1 fully saturated rings. The zero-order valence-corrected chi connectivity index (χ0v) is 16.3. The molecule has 0 radical (unpaired) electrons. The minimum Gasteiger partial charge on any atom is -0.379 e. The van der Waals surface area contributed by atoms with Crippen LogP contribution >= 0.6 is 0 Å². The van der Waals surface area contributed by atoms with Crippen molar-refractivity contribution in [1.82, 2.24) is 10.3 Å². The van der Waals surface area contributed by atoms with Crippen molar-refractivity contribution in [2.75, 3.05) is 31.3 Å². The summed E-state index contributed by atoms with van der Waals surface area (Å²) in [6.07, 6.45) is 0. The second kappa shape index (κ2) is 9.37. The highest BCUT2D eigenvalue weighted by Gasteiger charge is 2.15. The van der Waals surface area contributed by atoms with Crippen LogP contribution < -0.4 is 10.4 Å². The van der Waals surface area contributed by atoms with E-state index < -0.39 is 0 Å². The number of hydrogen-bond donors (Lipinski definition) is 1. The first-order valence-electron chi connectivity index (χ1n) is 9.90. The number of rotatable bonds is 6. The van der Waals surface area contributed by atoms with Gasteiger partial charge in [0.1, 0.15) is 0 Å². The molecule has 0 spiro atoms. The van der Waals surface area contributed by atoms with Crippen LogP contribution in [-0.4, -0.2) is 37.1 Å². The van der Waals surface area contributed by atoms with Crippen LogP contribution in [-0.2, 0) is 11.3 Å². The first-order valence-corrected chi connectivity index (χ1v) is 9.90. The van der Waals surface area contributed by atoms with Gasteiger partial charge in [0.2, 0.25) is 0 Å². The second-order valence-corrected chi connectivity index (χ2v) is 7.04. The summed E-state index contributed by atoms with van der Waals surface area (Å²) < 4.78 is 5.42. The lowest BCUT2D eigenvalue weighted by molar-refractivity contribution is 0.0342. The van der Waals surface area contributed by atoms with Crippen LogP contribution in [0.4, 0.5) is 11.4 Å². The maximum Gasteiger partial charge on any atom is 0.270 e. The van der Waals surface area contributed by atoms with Gasteiger partial charge < -0.3 is 4.74 Å². The van der Waals surface area contributed by atoms with Gasteiger partial charge in [-0.25, -0.2) is 0 Å². The number of amides is 1. The maximum atomic E-state index is 13.1. The molecule has 1 saturated heterocycles. The van der Waals surface area contributed by atoms with Gasteiger partial charge in [0.15, 0.2) is 0 Å². The molecule has 5 heteroatoms. The van der Waals surface area contributed by atoms with Gasteiger partial charge in [-0.1, -0.05) is 48.5 Å². The number of morpholine rings is 1. The standard InChI is InChI=1S/C24H25N3O2/c28-24(21-9-7-8-20(18-21)19-26-14-16-29-17-15-26)25-27(22-10-3-1-4-11-22)23-12-5-2-6-13-23/h1-13,18H,14-17,19H2,(H,25,28). The minimum absolute atomic E-state index is 0.137. The molecular weight excluding hydrogens is 362 g/mol. The third-order valence-electron chi connectivity index (χ3n) is 4.94. The summed E-state index contributed by atoms with van der Waals surface area (Å²) >= 11 is 0. The Kier molecular flexibility index (Phi) is 6.19. The molecule has 3 aromatic carbocycles. The lowest BCUT2D eigenvalue weighted by Crippen LogP contribution is -2.39. The SMILES string of the molecule is O=C(NN(c1ccccc1)c1ccccc1)c1cccc(CN2CCOCC2)c1. The molecular formula is C24H25N3O2. The highest BCUT2D eigenvalue weighted by atomic mass is 16.5. The van der Waals surface area contributed by atoms with Gasteiger partial charge in [-0.3, -0.25) is 20.1 Å². The Morgan fingerprint density at radius 1 is 0.862 bits per heavy atom. The van der Waals surface area contributed by atoms with Crippen molar-refractivity contribution in [3.05, 3.63) is 96.1 Å². The number of ether oxygens (including phenoxy) is 1. The number of nitrogens with one attached hydrogen (secondary N) is 1. The fourth-order valence-corrected chi connectivity index (χ4v) is 3.43. The summed E-state index contributed by atoms with van der Waals surface area (Å²) in [5, 5.41) is 1.82. The van der Waals surface area contributed by atoms with E-state index in [0.29, 0.717) is 5.56 Å². The third-order valence-corrected chi connectivity index (χ3v) is 4.94.